The van der Waals surface area contributed by atoms with Gasteiger partial charge in [-0.2, -0.15) is 0 Å². The molecule has 0 unspecified atom stereocenters. The molecule has 0 aromatic carbocycles. The Balaban J connectivity index is 2.76. The van der Waals surface area contributed by atoms with Gasteiger partial charge in [-0.1, -0.05) is 0 Å². The first-order chi connectivity index (χ1) is 6.69. The molecule has 1 amide bonds. The van der Waals surface area contributed by atoms with Gasteiger partial charge >= 0.3 is 0 Å². The molecule has 0 saturated heterocycles. The lowest BCUT2D eigenvalue weighted by atomic mass is 10.2. The van der Waals surface area contributed by atoms with Crippen LogP contribution in [0.1, 0.15) is 27.0 Å². The molecule has 14 heavy (non-hydrogen) atoms. The highest BCUT2D eigenvalue weighted by Crippen LogP contribution is 2.21. The number of hydrogen-bond donors (Lipinski definition) is 2. The van der Waals surface area contributed by atoms with Gasteiger partial charge in [-0.25, -0.2) is 5.84 Å². The summed E-state index contributed by atoms with van der Waals surface area (Å²) in [5.41, 5.74) is 3.16. The molecule has 3 N–H and O–H groups in total. The van der Waals surface area contributed by atoms with Crippen molar-refractivity contribution in [3.05, 3.63) is 21.4 Å². The molecule has 78 valence electrons. The first kappa shape index (κ1) is 11.2. The van der Waals surface area contributed by atoms with E-state index in [0.29, 0.717) is 18.1 Å². The van der Waals surface area contributed by atoms with Gasteiger partial charge in [-0.15, -0.1) is 11.3 Å². The third-order valence-electron chi connectivity index (χ3n) is 1.84. The predicted octanol–water partition coefficient (Wildman–Crippen LogP) is 1.20. The first-order valence-electron chi connectivity index (χ1n) is 4.37. The molecule has 1 aromatic heterocycles. The van der Waals surface area contributed by atoms with Gasteiger partial charge < -0.3 is 4.74 Å². The number of nitrogens with two attached hydrogens (primary N) is 1. The molecule has 0 aliphatic rings. The minimum absolute atomic E-state index is 0.249. The highest BCUT2D eigenvalue weighted by molar-refractivity contribution is 7.14. The summed E-state index contributed by atoms with van der Waals surface area (Å²) in [7, 11) is 0. The summed E-state index contributed by atoms with van der Waals surface area (Å²) in [6.07, 6.45) is 0. The fourth-order valence-electron chi connectivity index (χ4n) is 1.06. The van der Waals surface area contributed by atoms with E-state index in [0.717, 1.165) is 10.4 Å². The van der Waals surface area contributed by atoms with Crippen LogP contribution in [-0.2, 0) is 11.3 Å². The molecule has 0 bridgehead atoms. The third-order valence-corrected chi connectivity index (χ3v) is 2.93. The van der Waals surface area contributed by atoms with Crippen LogP contribution in [0.15, 0.2) is 6.07 Å². The Kier molecular flexibility index (Phi) is 4.06. The lowest BCUT2D eigenvalue weighted by Gasteiger charge is -1.98. The highest BCUT2D eigenvalue weighted by Gasteiger charge is 2.10. The summed E-state index contributed by atoms with van der Waals surface area (Å²) < 4.78 is 5.27. The Bertz CT molecular complexity index is 323. The van der Waals surface area contributed by atoms with E-state index in [-0.39, 0.29) is 5.91 Å². The fraction of sp³-hybridized carbons (Fsp3) is 0.444. The van der Waals surface area contributed by atoms with E-state index in [1.165, 1.54) is 11.3 Å². The summed E-state index contributed by atoms with van der Waals surface area (Å²) in [4.78, 5) is 12.9. The van der Waals surface area contributed by atoms with Gasteiger partial charge in [0.15, 0.2) is 0 Å². The smallest absolute Gasteiger partial charge is 0.275 e. The number of amides is 1. The number of nitrogens with one attached hydrogen (secondary N) is 1. The molecule has 0 radical (unpaired) electrons. The SMILES string of the molecule is CCOCc1cc(C(=O)NN)sc1C. The van der Waals surface area contributed by atoms with Gasteiger partial charge in [-0.3, -0.25) is 10.2 Å². The maximum absolute atomic E-state index is 11.2. The largest absolute Gasteiger partial charge is 0.377 e. The predicted molar refractivity (Wildman–Crippen MR) is 56.0 cm³/mol. The average Bonchev–Trinajstić information content (AvgIpc) is 2.56. The van der Waals surface area contributed by atoms with Gasteiger partial charge in [0, 0.05) is 11.5 Å². The number of carbonyl (C=O) groups excluding carboxylic acids is 1. The average molecular weight is 214 g/mol. The number of carbonyl (C=O) groups is 1. The summed E-state index contributed by atoms with van der Waals surface area (Å²) in [6.45, 7) is 5.13. The lowest BCUT2D eigenvalue weighted by molar-refractivity contribution is 0.0957. The monoisotopic (exact) mass is 214 g/mol. The second kappa shape index (κ2) is 5.09. The minimum atomic E-state index is -0.249. The highest BCUT2D eigenvalue weighted by atomic mass is 32.1. The van der Waals surface area contributed by atoms with E-state index in [2.05, 4.69) is 5.43 Å². The number of hydrogen-bond acceptors (Lipinski definition) is 4. The standard InChI is InChI=1S/C9H14N2O2S/c1-3-13-5-7-4-8(9(12)11-10)14-6(7)2/h4H,3,5,10H2,1-2H3,(H,11,12). The van der Waals surface area contributed by atoms with Crippen molar-refractivity contribution < 1.29 is 9.53 Å². The molecule has 0 saturated carbocycles. The van der Waals surface area contributed by atoms with Crippen LogP contribution < -0.4 is 11.3 Å². The van der Waals surface area contributed by atoms with Crippen molar-refractivity contribution >= 4 is 17.2 Å². The molecular weight excluding hydrogens is 200 g/mol. The molecule has 0 aliphatic heterocycles. The van der Waals surface area contributed by atoms with Crippen LogP contribution in [-0.4, -0.2) is 12.5 Å². The van der Waals surface area contributed by atoms with Gasteiger partial charge in [0.25, 0.3) is 5.91 Å². The summed E-state index contributed by atoms with van der Waals surface area (Å²) in [6, 6.07) is 1.82. The number of thiophene rings is 1. The summed E-state index contributed by atoms with van der Waals surface area (Å²) in [5.74, 6) is 4.79. The van der Waals surface area contributed by atoms with Crippen LogP contribution in [0.2, 0.25) is 0 Å². The first-order valence-corrected chi connectivity index (χ1v) is 5.18. The van der Waals surface area contributed by atoms with Gasteiger partial charge in [-0.05, 0) is 25.5 Å². The van der Waals surface area contributed by atoms with E-state index < -0.39 is 0 Å². The summed E-state index contributed by atoms with van der Waals surface area (Å²) in [5, 5.41) is 0. The third kappa shape index (κ3) is 2.54. The molecule has 1 heterocycles. The Morgan fingerprint density at radius 3 is 3.00 bits per heavy atom. The van der Waals surface area contributed by atoms with E-state index in [4.69, 9.17) is 10.6 Å². The Labute approximate surface area is 87.0 Å². The molecule has 5 heteroatoms. The minimum Gasteiger partial charge on any atom is -0.377 e. The van der Waals surface area contributed by atoms with Crippen LogP contribution in [0.5, 0.6) is 0 Å². The normalized spacial score (nSPS) is 10.2. The van der Waals surface area contributed by atoms with Crippen molar-refractivity contribution in [1.82, 2.24) is 5.43 Å². The zero-order valence-corrected chi connectivity index (χ0v) is 9.11. The van der Waals surface area contributed by atoms with Crippen molar-refractivity contribution in [3.8, 4) is 0 Å². The number of nitrogen functional groups attached to an aromatic ring is 1. The number of rotatable bonds is 4. The van der Waals surface area contributed by atoms with E-state index >= 15 is 0 Å². The molecule has 0 fully saturated rings. The Morgan fingerprint density at radius 1 is 1.71 bits per heavy atom. The van der Waals surface area contributed by atoms with E-state index in [9.17, 15) is 4.79 Å². The Morgan fingerprint density at radius 2 is 2.43 bits per heavy atom. The van der Waals surface area contributed by atoms with Crippen LogP contribution in [0.25, 0.3) is 0 Å². The molecule has 4 nitrogen and oxygen atoms in total. The molecule has 0 aliphatic carbocycles. The molecule has 0 atom stereocenters. The fourth-order valence-corrected chi connectivity index (χ4v) is 1.99. The second-order valence-corrected chi connectivity index (χ2v) is 4.06. The summed E-state index contributed by atoms with van der Waals surface area (Å²) >= 11 is 1.43. The van der Waals surface area contributed by atoms with Crippen molar-refractivity contribution in [2.24, 2.45) is 5.84 Å². The van der Waals surface area contributed by atoms with E-state index in [1.54, 1.807) is 0 Å². The second-order valence-electron chi connectivity index (χ2n) is 2.80. The van der Waals surface area contributed by atoms with Crippen molar-refractivity contribution in [2.45, 2.75) is 20.5 Å². The number of hydrazine groups is 1. The quantitative estimate of drug-likeness (QED) is 0.449. The van der Waals surface area contributed by atoms with Crippen LogP contribution >= 0.6 is 11.3 Å². The topological polar surface area (TPSA) is 64.3 Å². The molecular formula is C9H14N2O2S. The lowest BCUT2D eigenvalue weighted by Crippen LogP contribution is -2.29. The molecule has 1 aromatic rings. The van der Waals surface area contributed by atoms with Crippen molar-refractivity contribution in [1.29, 1.82) is 0 Å². The van der Waals surface area contributed by atoms with Crippen LogP contribution in [0, 0.1) is 6.92 Å². The zero-order chi connectivity index (χ0) is 10.6. The zero-order valence-electron chi connectivity index (χ0n) is 8.29. The van der Waals surface area contributed by atoms with Gasteiger partial charge in [0.2, 0.25) is 0 Å². The van der Waals surface area contributed by atoms with Crippen molar-refractivity contribution in [3.63, 3.8) is 0 Å². The van der Waals surface area contributed by atoms with Gasteiger partial charge in [0.1, 0.15) is 0 Å². The Hall–Kier alpha value is -0.910. The van der Waals surface area contributed by atoms with Gasteiger partial charge in [0.05, 0.1) is 11.5 Å². The number of aryl methyl sites for hydroxylation is 1. The number of ether oxygens (including phenoxy) is 1. The maximum atomic E-state index is 11.2. The maximum Gasteiger partial charge on any atom is 0.275 e. The molecule has 0 spiro atoms. The van der Waals surface area contributed by atoms with Crippen LogP contribution in [0.4, 0.5) is 0 Å². The van der Waals surface area contributed by atoms with Crippen molar-refractivity contribution in [2.75, 3.05) is 6.61 Å². The molecule has 1 rings (SSSR count). The van der Waals surface area contributed by atoms with Crippen LogP contribution in [0.3, 0.4) is 0 Å². The van der Waals surface area contributed by atoms with E-state index in [1.807, 2.05) is 19.9 Å².